The molecule has 1 aromatic carbocycles. The van der Waals surface area contributed by atoms with E-state index in [0.29, 0.717) is 55.8 Å². The van der Waals surface area contributed by atoms with Gasteiger partial charge in [0.05, 0.1) is 49.0 Å². The van der Waals surface area contributed by atoms with Gasteiger partial charge in [-0.1, -0.05) is 29.3 Å². The predicted octanol–water partition coefficient (Wildman–Crippen LogP) is 6.67. The summed E-state index contributed by atoms with van der Waals surface area (Å²) >= 11 is 16.4. The second-order valence-electron chi connectivity index (χ2n) is 10.7. The van der Waals surface area contributed by atoms with E-state index in [2.05, 4.69) is 36.3 Å². The van der Waals surface area contributed by atoms with Crippen LogP contribution in [0.25, 0.3) is 16.6 Å². The summed E-state index contributed by atoms with van der Waals surface area (Å²) < 4.78 is 9.35. The first-order valence-electron chi connectivity index (χ1n) is 12.7. The zero-order chi connectivity index (χ0) is 28.8. The summed E-state index contributed by atoms with van der Waals surface area (Å²) in [4.78, 5) is 36.4. The number of hydrogen-bond acceptors (Lipinski definition) is 7. The van der Waals surface area contributed by atoms with E-state index >= 15 is 0 Å². The van der Waals surface area contributed by atoms with Crippen LogP contribution in [0.15, 0.2) is 46.2 Å². The van der Waals surface area contributed by atoms with E-state index in [1.54, 1.807) is 29.4 Å². The molecule has 10 nitrogen and oxygen atoms in total. The fraction of sp³-hybridized carbons (Fsp3) is 0.370. The van der Waals surface area contributed by atoms with Crippen molar-refractivity contribution in [2.24, 2.45) is 0 Å². The number of carbonyl (C=O) groups is 1. The molecule has 0 radical (unpaired) electrons. The normalized spacial score (nSPS) is 14.5. The highest BCUT2D eigenvalue weighted by Gasteiger charge is 2.28. The number of fused-ring (bicyclic) bond motifs is 1. The van der Waals surface area contributed by atoms with Crippen LogP contribution in [-0.4, -0.2) is 54.0 Å². The van der Waals surface area contributed by atoms with Gasteiger partial charge < -0.3 is 15.0 Å². The first kappa shape index (κ1) is 28.4. The molecular formula is C27H28BrCl2N7O3. The Morgan fingerprint density at radius 3 is 2.58 bits per heavy atom. The molecule has 210 valence electrons. The molecule has 4 heterocycles. The molecule has 0 spiro atoms. The van der Waals surface area contributed by atoms with Gasteiger partial charge in [0, 0.05) is 31.7 Å². The highest BCUT2D eigenvalue weighted by atomic mass is 79.9. The van der Waals surface area contributed by atoms with E-state index in [1.165, 1.54) is 10.8 Å². The van der Waals surface area contributed by atoms with Crippen LogP contribution in [0.3, 0.4) is 0 Å². The lowest BCUT2D eigenvalue weighted by Crippen LogP contribution is -2.42. The molecule has 1 aliphatic heterocycles. The number of pyridine rings is 1. The van der Waals surface area contributed by atoms with Crippen LogP contribution in [0.4, 0.5) is 16.4 Å². The number of piperidine rings is 1. The van der Waals surface area contributed by atoms with Gasteiger partial charge in [0.15, 0.2) is 0 Å². The van der Waals surface area contributed by atoms with Crippen LogP contribution >= 0.6 is 39.1 Å². The molecule has 0 atom stereocenters. The molecule has 0 saturated carbocycles. The number of carbonyl (C=O) groups excluding carboxylic acids is 1. The number of ether oxygens (including phenoxy) is 1. The van der Waals surface area contributed by atoms with Crippen LogP contribution in [0.2, 0.25) is 10.0 Å². The molecule has 1 fully saturated rings. The smallest absolute Gasteiger partial charge is 0.410 e. The number of benzene rings is 1. The fourth-order valence-corrected chi connectivity index (χ4v) is 5.60. The Labute approximate surface area is 249 Å². The third kappa shape index (κ3) is 5.82. The number of halogens is 3. The van der Waals surface area contributed by atoms with Gasteiger partial charge in [-0.3, -0.25) is 14.0 Å². The highest BCUT2D eigenvalue weighted by molar-refractivity contribution is 9.10. The SMILES string of the molecule is Cc1ccc(Cl)c(-n2cc(Br)c3nc(Nc4cnn(C5CCN(C(=O)OC(C)(C)C)CC5)c4)ncc3c2=O)c1Cl. The lowest BCUT2D eigenvalue weighted by molar-refractivity contribution is 0.0185. The van der Waals surface area contributed by atoms with E-state index in [4.69, 9.17) is 27.9 Å². The lowest BCUT2D eigenvalue weighted by Gasteiger charge is -2.33. The molecule has 1 aliphatic rings. The molecule has 13 heteroatoms. The number of rotatable bonds is 4. The van der Waals surface area contributed by atoms with Crippen molar-refractivity contribution in [2.75, 3.05) is 18.4 Å². The Kier molecular flexibility index (Phi) is 7.82. The topological polar surface area (TPSA) is 107 Å². The molecule has 0 aliphatic carbocycles. The Bertz CT molecular complexity index is 1660. The van der Waals surface area contributed by atoms with Crippen LogP contribution in [0.5, 0.6) is 0 Å². The number of amides is 1. The van der Waals surface area contributed by atoms with Gasteiger partial charge in [-0.15, -0.1) is 0 Å². The Morgan fingerprint density at radius 2 is 1.88 bits per heavy atom. The van der Waals surface area contributed by atoms with Crippen molar-refractivity contribution < 1.29 is 9.53 Å². The fourth-order valence-electron chi connectivity index (χ4n) is 4.54. The summed E-state index contributed by atoms with van der Waals surface area (Å²) in [7, 11) is 0. The van der Waals surface area contributed by atoms with Crippen LogP contribution in [-0.2, 0) is 4.74 Å². The molecule has 3 aromatic heterocycles. The summed E-state index contributed by atoms with van der Waals surface area (Å²) in [6.45, 7) is 8.63. The van der Waals surface area contributed by atoms with Gasteiger partial charge in [0.2, 0.25) is 5.95 Å². The Balaban J connectivity index is 1.32. The van der Waals surface area contributed by atoms with Crippen molar-refractivity contribution in [3.63, 3.8) is 0 Å². The third-order valence-electron chi connectivity index (χ3n) is 6.56. The first-order chi connectivity index (χ1) is 18.9. The minimum Gasteiger partial charge on any atom is -0.444 e. The van der Waals surface area contributed by atoms with Crippen LogP contribution in [0, 0.1) is 6.92 Å². The summed E-state index contributed by atoms with van der Waals surface area (Å²) in [5, 5.41) is 8.73. The highest BCUT2D eigenvalue weighted by Crippen LogP contribution is 2.32. The average molecular weight is 649 g/mol. The number of hydrogen-bond donors (Lipinski definition) is 1. The maximum Gasteiger partial charge on any atom is 0.410 e. The predicted molar refractivity (Wildman–Crippen MR) is 159 cm³/mol. The molecule has 5 rings (SSSR count). The van der Waals surface area contributed by atoms with Gasteiger partial charge in [0.1, 0.15) is 5.60 Å². The number of aryl methyl sites for hydroxylation is 1. The van der Waals surface area contributed by atoms with Crippen molar-refractivity contribution in [2.45, 2.75) is 52.2 Å². The first-order valence-corrected chi connectivity index (χ1v) is 14.3. The van der Waals surface area contributed by atoms with Gasteiger partial charge in [0.25, 0.3) is 5.56 Å². The quantitative estimate of drug-likeness (QED) is 0.263. The minimum absolute atomic E-state index is 0.152. The molecule has 4 aromatic rings. The zero-order valence-corrected chi connectivity index (χ0v) is 25.5. The third-order valence-corrected chi connectivity index (χ3v) is 7.92. The van der Waals surface area contributed by atoms with E-state index in [-0.39, 0.29) is 17.7 Å². The van der Waals surface area contributed by atoms with Crippen molar-refractivity contribution in [3.05, 3.63) is 67.4 Å². The summed E-state index contributed by atoms with van der Waals surface area (Å²) in [5.41, 5.74) is 1.49. The molecule has 1 saturated heterocycles. The van der Waals surface area contributed by atoms with Gasteiger partial charge in [-0.2, -0.15) is 5.10 Å². The van der Waals surface area contributed by atoms with Crippen molar-refractivity contribution >= 4 is 67.8 Å². The molecule has 40 heavy (non-hydrogen) atoms. The average Bonchev–Trinajstić information content (AvgIpc) is 3.37. The second kappa shape index (κ2) is 11.0. The van der Waals surface area contributed by atoms with E-state index in [0.717, 1.165) is 18.4 Å². The molecule has 1 amide bonds. The monoisotopic (exact) mass is 647 g/mol. The van der Waals surface area contributed by atoms with Crippen LogP contribution in [0.1, 0.15) is 45.2 Å². The Morgan fingerprint density at radius 1 is 1.15 bits per heavy atom. The molecule has 1 N–H and O–H groups in total. The second-order valence-corrected chi connectivity index (χ2v) is 12.3. The number of anilines is 2. The molecule has 0 bridgehead atoms. The zero-order valence-electron chi connectivity index (χ0n) is 22.4. The van der Waals surface area contributed by atoms with E-state index in [9.17, 15) is 9.59 Å². The number of aromatic nitrogens is 5. The molecular weight excluding hydrogens is 621 g/mol. The standard InChI is InChI=1S/C27H28BrCl2N7O3/c1-15-5-6-20(29)23(21(15)30)36-14-19(28)22-18(24(36)38)12-31-25(34-22)33-16-11-32-37(13-16)17-7-9-35(10-8-17)26(39)40-27(2,3)4/h5-6,11-14,17H,7-10H2,1-4H3,(H,31,33,34). The maximum absolute atomic E-state index is 13.4. The van der Waals surface area contributed by atoms with Gasteiger partial charge in [-0.25, -0.2) is 14.8 Å². The van der Waals surface area contributed by atoms with Gasteiger partial charge in [-0.05, 0) is 68.1 Å². The number of nitrogens with one attached hydrogen (secondary N) is 1. The summed E-state index contributed by atoms with van der Waals surface area (Å²) in [6.07, 6.45) is 7.91. The largest absolute Gasteiger partial charge is 0.444 e. The van der Waals surface area contributed by atoms with E-state index < -0.39 is 5.60 Å². The summed E-state index contributed by atoms with van der Waals surface area (Å²) in [6, 6.07) is 3.65. The Hall–Kier alpha value is -3.15. The maximum atomic E-state index is 13.4. The van der Waals surface area contributed by atoms with Crippen molar-refractivity contribution in [1.29, 1.82) is 0 Å². The minimum atomic E-state index is -0.518. The lowest BCUT2D eigenvalue weighted by atomic mass is 10.1. The number of likely N-dealkylation sites (tertiary alicyclic amines) is 1. The summed E-state index contributed by atoms with van der Waals surface area (Å²) in [5.74, 6) is 0.316. The van der Waals surface area contributed by atoms with Gasteiger partial charge >= 0.3 is 6.09 Å². The van der Waals surface area contributed by atoms with E-state index in [1.807, 2.05) is 38.6 Å². The van der Waals surface area contributed by atoms with Crippen LogP contribution < -0.4 is 10.9 Å². The molecule has 0 unspecified atom stereocenters. The van der Waals surface area contributed by atoms with Crippen molar-refractivity contribution in [1.82, 2.24) is 29.2 Å². The van der Waals surface area contributed by atoms with Crippen molar-refractivity contribution in [3.8, 4) is 5.69 Å². The number of nitrogens with zero attached hydrogens (tertiary/aromatic N) is 6.